The molecule has 1 aromatic rings. The van der Waals surface area contributed by atoms with Crippen LogP contribution < -0.4 is 4.74 Å². The van der Waals surface area contributed by atoms with Crippen molar-refractivity contribution in [1.82, 2.24) is 0 Å². The van der Waals surface area contributed by atoms with Gasteiger partial charge in [-0.25, -0.2) is 4.39 Å². The van der Waals surface area contributed by atoms with Crippen molar-refractivity contribution in [1.29, 1.82) is 0 Å². The maximum absolute atomic E-state index is 13.0. The van der Waals surface area contributed by atoms with Gasteiger partial charge in [-0.05, 0) is 18.2 Å². The van der Waals surface area contributed by atoms with Crippen molar-refractivity contribution in [3.8, 4) is 17.6 Å². The molecule has 0 radical (unpaired) electrons. The molecule has 1 aromatic carbocycles. The lowest BCUT2D eigenvalue weighted by molar-refractivity contribution is -0.186. The van der Waals surface area contributed by atoms with E-state index in [0.29, 0.717) is 0 Å². The third-order valence-corrected chi connectivity index (χ3v) is 1.81. The molecule has 0 aliphatic carbocycles. The number of ether oxygens (including phenoxy) is 2. The summed E-state index contributed by atoms with van der Waals surface area (Å²) in [5.74, 6) is 4.20. The summed E-state index contributed by atoms with van der Waals surface area (Å²) in [4.78, 5) is 0. The van der Waals surface area contributed by atoms with Gasteiger partial charge in [-0.1, -0.05) is 11.8 Å². The maximum atomic E-state index is 13.0. The van der Waals surface area contributed by atoms with E-state index < -0.39 is 32.0 Å². The first-order chi connectivity index (χ1) is 8.92. The first kappa shape index (κ1) is 15.3. The number of alkyl halides is 3. The minimum atomic E-state index is -4.44. The van der Waals surface area contributed by atoms with Crippen LogP contribution in [-0.2, 0) is 4.74 Å². The Hall–Kier alpha value is -1.78. The number of hydrogen-bond acceptors (Lipinski definition) is 3. The fourth-order valence-electron chi connectivity index (χ4n) is 1.12. The second-order valence-electron chi connectivity index (χ2n) is 3.33. The number of benzene rings is 1. The largest absolute Gasteiger partial charge is 0.466 e. The number of aliphatic hydroxyl groups is 1. The standard InChI is InChI=1S/C12H10F4O3/c13-10-3-4-11(9(6-10)2-1-5-17)19-8-18-7-12(14,15)16/h3-4,6,17H,5,7-8H2. The minimum absolute atomic E-state index is 0.0736. The molecule has 0 bridgehead atoms. The smallest absolute Gasteiger partial charge is 0.411 e. The van der Waals surface area contributed by atoms with E-state index in [4.69, 9.17) is 9.84 Å². The quantitative estimate of drug-likeness (QED) is 0.397. The van der Waals surface area contributed by atoms with Crippen LogP contribution in [0.1, 0.15) is 5.56 Å². The van der Waals surface area contributed by atoms with Gasteiger partial charge in [-0.2, -0.15) is 13.2 Å². The minimum Gasteiger partial charge on any atom is -0.466 e. The Bertz CT molecular complexity index is 474. The molecule has 0 heterocycles. The van der Waals surface area contributed by atoms with Crippen LogP contribution in [0, 0.1) is 17.7 Å². The molecule has 1 rings (SSSR count). The molecule has 0 saturated heterocycles. The average Bonchev–Trinajstić information content (AvgIpc) is 2.32. The second-order valence-corrected chi connectivity index (χ2v) is 3.33. The van der Waals surface area contributed by atoms with E-state index in [0.717, 1.165) is 12.1 Å². The first-order valence-electron chi connectivity index (χ1n) is 5.09. The van der Waals surface area contributed by atoms with Crippen LogP contribution in [-0.4, -0.2) is 31.3 Å². The molecule has 1 N–H and O–H groups in total. The van der Waals surface area contributed by atoms with Crippen LogP contribution in [0.5, 0.6) is 5.75 Å². The van der Waals surface area contributed by atoms with Gasteiger partial charge >= 0.3 is 6.18 Å². The van der Waals surface area contributed by atoms with E-state index in [2.05, 4.69) is 16.6 Å². The van der Waals surface area contributed by atoms with Crippen LogP contribution in [0.25, 0.3) is 0 Å². The van der Waals surface area contributed by atoms with Crippen molar-refractivity contribution >= 4 is 0 Å². The summed E-state index contributed by atoms with van der Waals surface area (Å²) in [6, 6.07) is 3.33. The van der Waals surface area contributed by atoms with Crippen molar-refractivity contribution in [3.05, 3.63) is 29.6 Å². The van der Waals surface area contributed by atoms with Crippen molar-refractivity contribution in [2.24, 2.45) is 0 Å². The predicted octanol–water partition coefficient (Wildman–Crippen LogP) is 2.08. The highest BCUT2D eigenvalue weighted by molar-refractivity contribution is 5.46. The summed E-state index contributed by atoms with van der Waals surface area (Å²) in [7, 11) is 0. The molecule has 3 nitrogen and oxygen atoms in total. The van der Waals surface area contributed by atoms with Gasteiger partial charge in [0.05, 0.1) is 5.56 Å². The summed E-state index contributed by atoms with van der Waals surface area (Å²) >= 11 is 0. The molecule has 7 heteroatoms. The molecule has 0 aromatic heterocycles. The molecular formula is C12H10F4O3. The van der Waals surface area contributed by atoms with Crippen LogP contribution >= 0.6 is 0 Å². The molecule has 0 atom stereocenters. The van der Waals surface area contributed by atoms with Crippen LogP contribution in [0.4, 0.5) is 17.6 Å². The average molecular weight is 278 g/mol. The maximum Gasteiger partial charge on any atom is 0.411 e. The van der Waals surface area contributed by atoms with E-state index in [9.17, 15) is 17.6 Å². The van der Waals surface area contributed by atoms with Crippen molar-refractivity contribution in [3.63, 3.8) is 0 Å². The number of hydrogen-bond donors (Lipinski definition) is 1. The molecule has 0 saturated carbocycles. The highest BCUT2D eigenvalue weighted by Gasteiger charge is 2.27. The molecule has 19 heavy (non-hydrogen) atoms. The zero-order valence-electron chi connectivity index (χ0n) is 9.63. The lowest BCUT2D eigenvalue weighted by Gasteiger charge is -2.10. The van der Waals surface area contributed by atoms with E-state index in [1.807, 2.05) is 0 Å². The van der Waals surface area contributed by atoms with E-state index in [1.165, 1.54) is 6.07 Å². The summed E-state index contributed by atoms with van der Waals surface area (Å²) in [6.45, 7) is -2.51. The Morgan fingerprint density at radius 1 is 1.26 bits per heavy atom. The number of aliphatic hydroxyl groups excluding tert-OH is 1. The van der Waals surface area contributed by atoms with Crippen LogP contribution in [0.3, 0.4) is 0 Å². The molecule has 0 aliphatic rings. The predicted molar refractivity (Wildman–Crippen MR) is 57.9 cm³/mol. The van der Waals surface area contributed by atoms with Gasteiger partial charge in [0, 0.05) is 0 Å². The Labute approximate surface area is 106 Å². The fraction of sp³-hybridized carbons (Fsp3) is 0.333. The topological polar surface area (TPSA) is 38.7 Å². The zero-order chi connectivity index (χ0) is 14.3. The highest BCUT2D eigenvalue weighted by Crippen LogP contribution is 2.19. The monoisotopic (exact) mass is 278 g/mol. The summed E-state index contributed by atoms with van der Waals surface area (Å²) < 4.78 is 57.5. The molecule has 0 unspecified atom stereocenters. The van der Waals surface area contributed by atoms with Gasteiger partial charge in [0.2, 0.25) is 0 Å². The third-order valence-electron chi connectivity index (χ3n) is 1.81. The second kappa shape index (κ2) is 6.97. The van der Waals surface area contributed by atoms with Gasteiger partial charge in [0.15, 0.2) is 6.79 Å². The fourth-order valence-corrected chi connectivity index (χ4v) is 1.12. The van der Waals surface area contributed by atoms with Gasteiger partial charge in [0.25, 0.3) is 0 Å². The van der Waals surface area contributed by atoms with E-state index in [-0.39, 0.29) is 11.3 Å². The Morgan fingerprint density at radius 2 is 2.00 bits per heavy atom. The third kappa shape index (κ3) is 6.08. The van der Waals surface area contributed by atoms with Gasteiger partial charge in [-0.3, -0.25) is 0 Å². The molecular weight excluding hydrogens is 268 g/mol. The van der Waals surface area contributed by atoms with Gasteiger partial charge in [0.1, 0.15) is 24.8 Å². The molecule has 0 spiro atoms. The molecule has 0 aliphatic heterocycles. The normalized spacial score (nSPS) is 10.8. The Morgan fingerprint density at radius 3 is 2.63 bits per heavy atom. The Kier molecular flexibility index (Phi) is 5.60. The van der Waals surface area contributed by atoms with E-state index in [1.54, 1.807) is 0 Å². The number of halogens is 4. The molecule has 104 valence electrons. The van der Waals surface area contributed by atoms with Crippen molar-refractivity contribution in [2.45, 2.75) is 6.18 Å². The number of rotatable bonds is 4. The lowest BCUT2D eigenvalue weighted by Crippen LogP contribution is -2.19. The lowest BCUT2D eigenvalue weighted by atomic mass is 10.2. The van der Waals surface area contributed by atoms with Crippen LogP contribution in [0.2, 0.25) is 0 Å². The van der Waals surface area contributed by atoms with Crippen molar-refractivity contribution < 1.29 is 32.1 Å². The van der Waals surface area contributed by atoms with Gasteiger partial charge in [-0.15, -0.1) is 0 Å². The zero-order valence-corrected chi connectivity index (χ0v) is 9.63. The highest BCUT2D eigenvalue weighted by atomic mass is 19.4. The van der Waals surface area contributed by atoms with Crippen LogP contribution in [0.15, 0.2) is 18.2 Å². The summed E-state index contributed by atoms with van der Waals surface area (Å²) in [5, 5.41) is 8.53. The molecule has 0 fully saturated rings. The van der Waals surface area contributed by atoms with E-state index >= 15 is 0 Å². The van der Waals surface area contributed by atoms with Gasteiger partial charge < -0.3 is 14.6 Å². The SMILES string of the molecule is OCC#Cc1cc(F)ccc1OCOCC(F)(F)F. The van der Waals surface area contributed by atoms with Crippen molar-refractivity contribution in [2.75, 3.05) is 20.0 Å². The summed E-state index contributed by atoms with van der Waals surface area (Å²) in [6.07, 6.45) is -4.44. The molecule has 0 amide bonds. The summed E-state index contributed by atoms with van der Waals surface area (Å²) in [5.41, 5.74) is 0.115. The first-order valence-corrected chi connectivity index (χ1v) is 5.09. The Balaban J connectivity index is 2.62.